The molecule has 3 heterocycles. The molecule has 1 aliphatic carbocycles. The highest BCUT2D eigenvalue weighted by Crippen LogP contribution is 2.37. The van der Waals surface area contributed by atoms with Crippen LogP contribution in [0, 0.1) is 5.92 Å². The van der Waals surface area contributed by atoms with E-state index >= 15 is 0 Å². The molecule has 176 valence electrons. The number of hydrogen-bond acceptors (Lipinski definition) is 8. The predicted molar refractivity (Wildman–Crippen MR) is 132 cm³/mol. The number of nitrogens with zero attached hydrogens (tertiary/aromatic N) is 4. The summed E-state index contributed by atoms with van der Waals surface area (Å²) in [5.41, 5.74) is 5.43. The number of Topliss-reactive ketones (excluding diaryl/α,β-unsaturated/α-hetero) is 1. The zero-order valence-electron chi connectivity index (χ0n) is 19.3. The van der Waals surface area contributed by atoms with E-state index in [0.717, 1.165) is 45.7 Å². The first-order chi connectivity index (χ1) is 15.6. The van der Waals surface area contributed by atoms with Gasteiger partial charge in [-0.3, -0.25) is 28.1 Å². The second kappa shape index (κ2) is 8.60. The third-order valence-corrected chi connectivity index (χ3v) is 8.54. The Morgan fingerprint density at radius 2 is 1.94 bits per heavy atom. The maximum atomic E-state index is 13.4. The monoisotopic (exact) mass is 489 g/mol. The van der Waals surface area contributed by atoms with E-state index in [9.17, 15) is 19.2 Å². The van der Waals surface area contributed by atoms with E-state index in [2.05, 4.69) is 6.92 Å². The predicted octanol–water partition coefficient (Wildman–Crippen LogP) is 1.95. The third kappa shape index (κ3) is 3.76. The van der Waals surface area contributed by atoms with Crippen LogP contribution >= 0.6 is 23.1 Å². The Morgan fingerprint density at radius 3 is 2.61 bits per heavy atom. The van der Waals surface area contributed by atoms with Crippen LogP contribution in [0.2, 0.25) is 0 Å². The van der Waals surface area contributed by atoms with Crippen LogP contribution in [-0.4, -0.2) is 29.7 Å². The molecule has 33 heavy (non-hydrogen) atoms. The molecule has 3 aromatic rings. The van der Waals surface area contributed by atoms with Crippen molar-refractivity contribution in [2.75, 3.05) is 5.73 Å². The second-order valence-electron chi connectivity index (χ2n) is 8.57. The summed E-state index contributed by atoms with van der Waals surface area (Å²) in [6, 6.07) is 0. The van der Waals surface area contributed by atoms with Crippen molar-refractivity contribution in [1.82, 2.24) is 18.7 Å². The summed E-state index contributed by atoms with van der Waals surface area (Å²) in [6.45, 7) is 6.15. The molecule has 0 saturated carbocycles. The number of hydrogen-bond donors (Lipinski definition) is 1. The zero-order valence-corrected chi connectivity index (χ0v) is 20.9. The Kier molecular flexibility index (Phi) is 6.12. The molecule has 3 aromatic heterocycles. The Hall–Kier alpha value is -2.66. The summed E-state index contributed by atoms with van der Waals surface area (Å²) in [5, 5.41) is 0.389. The molecular weight excluding hydrogens is 462 g/mol. The van der Waals surface area contributed by atoms with Crippen LogP contribution in [0.1, 0.15) is 48.0 Å². The van der Waals surface area contributed by atoms with Gasteiger partial charge in [-0.25, -0.2) is 9.78 Å². The standard InChI is InChI=1S/C22H27N5O4S2/c1-6-27-20(30)14-12-8-7-10(2)9-13(12)33-18(14)24-21(27)32-11(3)16(28)15-17(23)25(4)22(31)26(5)19(15)29/h10-11H,6-9,23H2,1-5H3. The number of carbonyl (C=O) groups is 1. The Balaban J connectivity index is 1.77. The van der Waals surface area contributed by atoms with Crippen molar-refractivity contribution < 1.29 is 4.79 Å². The fourth-order valence-corrected chi connectivity index (χ4v) is 6.74. The lowest BCUT2D eigenvalue weighted by molar-refractivity contribution is 0.0992. The number of fused-ring (bicyclic) bond motifs is 3. The highest BCUT2D eigenvalue weighted by atomic mass is 32.2. The van der Waals surface area contributed by atoms with Crippen LogP contribution in [0.25, 0.3) is 10.2 Å². The second-order valence-corrected chi connectivity index (χ2v) is 11.0. The lowest BCUT2D eigenvalue weighted by atomic mass is 9.89. The molecule has 0 fully saturated rings. The Bertz CT molecular complexity index is 1460. The molecule has 2 atom stereocenters. The molecule has 4 rings (SSSR count). The van der Waals surface area contributed by atoms with Gasteiger partial charge in [-0.05, 0) is 44.6 Å². The van der Waals surface area contributed by atoms with Crippen LogP contribution in [0.15, 0.2) is 19.5 Å². The van der Waals surface area contributed by atoms with E-state index in [1.165, 1.54) is 19.0 Å². The SMILES string of the molecule is CCn1c(SC(C)C(=O)c2c(N)n(C)c(=O)n(C)c2=O)nc2sc3c(c2c1=O)CCC(C)C3. The van der Waals surface area contributed by atoms with Crippen molar-refractivity contribution in [3.8, 4) is 0 Å². The summed E-state index contributed by atoms with van der Waals surface area (Å²) in [6.07, 6.45) is 2.89. The molecular formula is C22H27N5O4S2. The number of thioether (sulfide) groups is 1. The van der Waals surface area contributed by atoms with Crippen LogP contribution in [0.5, 0.6) is 0 Å². The molecule has 0 bridgehead atoms. The van der Waals surface area contributed by atoms with Crippen LogP contribution in [-0.2, 0) is 33.5 Å². The topological polar surface area (TPSA) is 122 Å². The number of aryl methyl sites for hydroxylation is 1. The lowest BCUT2D eigenvalue weighted by Crippen LogP contribution is -2.42. The van der Waals surface area contributed by atoms with E-state index in [-0.39, 0.29) is 16.9 Å². The van der Waals surface area contributed by atoms with Crippen molar-refractivity contribution in [2.24, 2.45) is 20.0 Å². The van der Waals surface area contributed by atoms with Crippen molar-refractivity contribution in [1.29, 1.82) is 0 Å². The number of aromatic nitrogens is 4. The number of anilines is 1. The van der Waals surface area contributed by atoms with Crippen molar-refractivity contribution in [3.63, 3.8) is 0 Å². The zero-order chi connectivity index (χ0) is 24.2. The van der Waals surface area contributed by atoms with Gasteiger partial charge in [0.05, 0.1) is 10.6 Å². The Labute approximate surface area is 198 Å². The minimum Gasteiger partial charge on any atom is -0.384 e. The van der Waals surface area contributed by atoms with Gasteiger partial charge in [-0.1, -0.05) is 18.7 Å². The number of thiophene rings is 1. The van der Waals surface area contributed by atoms with Gasteiger partial charge in [0, 0.05) is 25.5 Å². The maximum Gasteiger partial charge on any atom is 0.332 e. The van der Waals surface area contributed by atoms with Crippen molar-refractivity contribution in [2.45, 2.75) is 57.0 Å². The van der Waals surface area contributed by atoms with Crippen molar-refractivity contribution >= 4 is 44.9 Å². The third-order valence-electron chi connectivity index (χ3n) is 6.30. The van der Waals surface area contributed by atoms with Gasteiger partial charge < -0.3 is 5.73 Å². The molecule has 2 unspecified atom stereocenters. The average Bonchev–Trinajstić information content (AvgIpc) is 3.13. The maximum absolute atomic E-state index is 13.4. The molecule has 9 nitrogen and oxygen atoms in total. The first-order valence-electron chi connectivity index (χ1n) is 10.9. The van der Waals surface area contributed by atoms with E-state index < -0.39 is 22.3 Å². The number of nitrogens with two attached hydrogens (primary N) is 1. The summed E-state index contributed by atoms with van der Waals surface area (Å²) < 4.78 is 3.53. The van der Waals surface area contributed by atoms with Gasteiger partial charge in [-0.2, -0.15) is 0 Å². The average molecular weight is 490 g/mol. The number of carbonyl (C=O) groups excluding carboxylic acids is 1. The van der Waals surface area contributed by atoms with E-state index in [1.807, 2.05) is 6.92 Å². The van der Waals surface area contributed by atoms with Crippen LogP contribution in [0.3, 0.4) is 0 Å². The summed E-state index contributed by atoms with van der Waals surface area (Å²) in [4.78, 5) is 58.0. The van der Waals surface area contributed by atoms with E-state index in [4.69, 9.17) is 10.7 Å². The van der Waals surface area contributed by atoms with Gasteiger partial charge in [0.2, 0.25) is 0 Å². The first kappa shape index (κ1) is 23.5. The minimum atomic E-state index is -0.741. The fourth-order valence-electron chi connectivity index (χ4n) is 4.28. The normalized spacial score (nSPS) is 16.7. The number of nitrogen functional groups attached to an aromatic ring is 1. The highest BCUT2D eigenvalue weighted by molar-refractivity contribution is 8.00. The molecule has 2 N–H and O–H groups in total. The van der Waals surface area contributed by atoms with Gasteiger partial charge in [0.1, 0.15) is 16.2 Å². The van der Waals surface area contributed by atoms with Gasteiger partial charge in [0.15, 0.2) is 10.9 Å². The largest absolute Gasteiger partial charge is 0.384 e. The van der Waals surface area contributed by atoms with Crippen LogP contribution < -0.4 is 22.5 Å². The molecule has 1 aliphatic rings. The van der Waals surface area contributed by atoms with Gasteiger partial charge in [0.25, 0.3) is 11.1 Å². The van der Waals surface area contributed by atoms with E-state index in [1.54, 1.807) is 22.8 Å². The molecule has 0 aliphatic heterocycles. The summed E-state index contributed by atoms with van der Waals surface area (Å²) >= 11 is 2.68. The lowest BCUT2D eigenvalue weighted by Gasteiger charge is -2.18. The van der Waals surface area contributed by atoms with Crippen molar-refractivity contribution in [3.05, 3.63) is 47.2 Å². The molecule has 0 spiro atoms. The molecule has 11 heteroatoms. The molecule has 0 saturated heterocycles. The fraction of sp³-hybridized carbons (Fsp3) is 0.500. The van der Waals surface area contributed by atoms with Gasteiger partial charge in [-0.15, -0.1) is 11.3 Å². The number of rotatable bonds is 5. The summed E-state index contributed by atoms with van der Waals surface area (Å²) in [5.74, 6) is -0.0951. The van der Waals surface area contributed by atoms with Crippen LogP contribution in [0.4, 0.5) is 5.82 Å². The minimum absolute atomic E-state index is 0.0887. The first-order valence-corrected chi connectivity index (χ1v) is 12.6. The molecule has 0 radical (unpaired) electrons. The molecule has 0 aromatic carbocycles. The number of ketones is 1. The summed E-state index contributed by atoms with van der Waals surface area (Å²) in [7, 11) is 2.72. The van der Waals surface area contributed by atoms with Gasteiger partial charge >= 0.3 is 5.69 Å². The van der Waals surface area contributed by atoms with E-state index in [0.29, 0.717) is 27.8 Å². The quantitative estimate of drug-likeness (QED) is 0.330. The smallest absolute Gasteiger partial charge is 0.332 e. The highest BCUT2D eigenvalue weighted by Gasteiger charge is 2.28. The molecule has 0 amide bonds. The Morgan fingerprint density at radius 1 is 1.24 bits per heavy atom.